The van der Waals surface area contributed by atoms with Crippen LogP contribution >= 0.6 is 0 Å². The molecule has 0 aromatic rings. The summed E-state index contributed by atoms with van der Waals surface area (Å²) >= 11 is 0. The number of carboxylic acids is 2. The van der Waals surface area contributed by atoms with E-state index in [1.807, 2.05) is 0 Å². The zero-order chi connectivity index (χ0) is 11.8. The number of allylic oxidation sites excluding steroid dienone is 2. The first-order valence-corrected chi connectivity index (χ1v) is 4.40. The molecule has 0 aromatic heterocycles. The summed E-state index contributed by atoms with van der Waals surface area (Å²) in [5.41, 5.74) is -1.26. The van der Waals surface area contributed by atoms with E-state index in [-0.39, 0.29) is 34.5 Å². The van der Waals surface area contributed by atoms with Gasteiger partial charge in [-0.1, -0.05) is 12.2 Å². The van der Waals surface area contributed by atoms with Gasteiger partial charge in [0.1, 0.15) is 5.71 Å². The minimum atomic E-state index is -1.64. The molecule has 1 atom stereocenters. The van der Waals surface area contributed by atoms with E-state index in [0.717, 1.165) is 0 Å². The van der Waals surface area contributed by atoms with Crippen molar-refractivity contribution < 1.29 is 42.2 Å². The molecule has 2 aliphatic rings. The molecule has 0 spiro atoms. The van der Waals surface area contributed by atoms with Crippen LogP contribution in [0, 0.1) is 0 Å². The maximum atomic E-state index is 11.1. The van der Waals surface area contributed by atoms with Crippen LogP contribution in [0.1, 0.15) is 6.42 Å². The van der Waals surface area contributed by atoms with Gasteiger partial charge < -0.3 is 10.2 Å². The number of carbonyl (C=O) groups is 2. The summed E-state index contributed by atoms with van der Waals surface area (Å²) < 4.78 is 0. The van der Waals surface area contributed by atoms with Crippen LogP contribution in [0.15, 0.2) is 39.2 Å². The average molecular weight is 329 g/mol. The summed E-state index contributed by atoms with van der Waals surface area (Å²) in [4.78, 5) is 21.7. The molecule has 1 aliphatic carbocycles. The minimum absolute atomic E-state index is 0. The Morgan fingerprint density at radius 2 is 2.06 bits per heavy atom. The third-order valence-corrected chi connectivity index (χ3v) is 2.31. The second-order valence-electron chi connectivity index (χ2n) is 3.33. The van der Waals surface area contributed by atoms with Crippen molar-refractivity contribution in [3.8, 4) is 0 Å². The average Bonchev–Trinajstić information content (AvgIpc) is 2.62. The first kappa shape index (κ1) is 13.5. The van der Waals surface area contributed by atoms with Gasteiger partial charge in [-0.15, -0.1) is 10.2 Å². The van der Waals surface area contributed by atoms with E-state index in [1.54, 1.807) is 0 Å². The molecule has 2 rings (SSSR count). The molecule has 1 aliphatic heterocycles. The number of carboxylic acid groups (broad SMARTS) is 2. The minimum Gasteiger partial charge on any atom is -0.481 e. The molecule has 0 saturated carbocycles. The molecule has 8 heteroatoms. The molecule has 1 heterocycles. The van der Waals surface area contributed by atoms with Gasteiger partial charge in [0.15, 0.2) is 0 Å². The van der Waals surface area contributed by atoms with Crippen molar-refractivity contribution in [1.29, 1.82) is 0 Å². The van der Waals surface area contributed by atoms with Crippen molar-refractivity contribution >= 4 is 17.7 Å². The smallest absolute Gasteiger partial charge is 0.344 e. The van der Waals surface area contributed by atoms with Crippen molar-refractivity contribution in [2.75, 3.05) is 0 Å². The molecule has 7 nitrogen and oxygen atoms in total. The van der Waals surface area contributed by atoms with Gasteiger partial charge in [0.25, 0.3) is 0 Å². The van der Waals surface area contributed by atoms with Crippen LogP contribution < -0.4 is 0 Å². The maximum absolute atomic E-state index is 11.1. The number of hydrogen-bond donors (Lipinski definition) is 2. The van der Waals surface area contributed by atoms with E-state index in [9.17, 15) is 9.59 Å². The molecule has 1 unspecified atom stereocenters. The zero-order valence-electron chi connectivity index (χ0n) is 8.29. The number of nitrogens with zero attached hydrogens (tertiary/aromatic N) is 3. The molecule has 0 fully saturated rings. The van der Waals surface area contributed by atoms with Crippen molar-refractivity contribution in [2.24, 2.45) is 15.4 Å². The van der Waals surface area contributed by atoms with Gasteiger partial charge in [-0.2, -0.15) is 0 Å². The van der Waals surface area contributed by atoms with Gasteiger partial charge in [0.05, 0.1) is 6.42 Å². The van der Waals surface area contributed by atoms with Gasteiger partial charge >= 0.3 is 11.9 Å². The Kier molecular flexibility index (Phi) is 3.76. The first-order valence-electron chi connectivity index (χ1n) is 4.40. The molecule has 2 N–H and O–H groups in total. The molecule has 93 valence electrons. The molecule has 1 radical (unpaired) electrons. The van der Waals surface area contributed by atoms with E-state index < -0.39 is 17.5 Å². The largest absolute Gasteiger partial charge is 0.481 e. The van der Waals surface area contributed by atoms with Crippen molar-refractivity contribution in [1.82, 2.24) is 0 Å². The van der Waals surface area contributed by atoms with Crippen LogP contribution in [0.2, 0.25) is 0 Å². The van der Waals surface area contributed by atoms with Gasteiger partial charge in [-0.25, -0.2) is 4.79 Å². The Bertz CT molecular complexity index is 494. The summed E-state index contributed by atoms with van der Waals surface area (Å²) in [6, 6.07) is 0. The third-order valence-electron chi connectivity index (χ3n) is 2.31. The van der Waals surface area contributed by atoms with Crippen LogP contribution in [0.4, 0.5) is 0 Å². The molecule has 0 saturated heterocycles. The quantitative estimate of drug-likeness (QED) is 0.739. The van der Waals surface area contributed by atoms with Gasteiger partial charge in [0.2, 0.25) is 5.54 Å². The van der Waals surface area contributed by atoms with Crippen LogP contribution in [0.5, 0.6) is 0 Å². The maximum Gasteiger partial charge on any atom is 0.344 e. The number of aliphatic carboxylic acids is 2. The fourth-order valence-corrected chi connectivity index (χ4v) is 1.59. The Morgan fingerprint density at radius 1 is 1.35 bits per heavy atom. The standard InChI is InChI=1S/C9H7N3O4.Ag/c13-6(14)4-5-2-1-3-9(8(15)16)7(5)10-12-11-9;/h1-3H,4H2,(H,13,14)(H,15,16);. The van der Waals surface area contributed by atoms with Crippen LogP contribution in [0.25, 0.3) is 0 Å². The van der Waals surface area contributed by atoms with E-state index in [0.29, 0.717) is 5.57 Å². The van der Waals surface area contributed by atoms with Crippen LogP contribution in [0.3, 0.4) is 0 Å². The summed E-state index contributed by atoms with van der Waals surface area (Å²) in [5, 5.41) is 28.2. The Morgan fingerprint density at radius 3 is 2.65 bits per heavy atom. The summed E-state index contributed by atoms with van der Waals surface area (Å²) in [5.74, 6) is -2.28. The predicted octanol–water partition coefficient (Wildman–Crippen LogP) is 0.600. The second kappa shape index (κ2) is 4.74. The summed E-state index contributed by atoms with van der Waals surface area (Å²) in [7, 11) is 0. The van der Waals surface area contributed by atoms with Crippen LogP contribution in [-0.2, 0) is 32.0 Å². The monoisotopic (exact) mass is 328 g/mol. The number of fused-ring (bicyclic) bond motifs is 1. The third kappa shape index (κ3) is 2.12. The molecule has 0 amide bonds. The first-order chi connectivity index (χ1) is 7.56. The molecular formula is C9H7AgN3O4. The molecule has 17 heavy (non-hydrogen) atoms. The van der Waals surface area contributed by atoms with Gasteiger partial charge in [-0.05, 0) is 16.9 Å². The van der Waals surface area contributed by atoms with E-state index in [1.165, 1.54) is 18.2 Å². The zero-order valence-corrected chi connectivity index (χ0v) is 9.78. The van der Waals surface area contributed by atoms with E-state index in [4.69, 9.17) is 10.2 Å². The molecule has 0 bridgehead atoms. The second-order valence-corrected chi connectivity index (χ2v) is 3.33. The SMILES string of the molecule is O=C(O)CC1=CC=CC2(C(=O)O)N=NN=C12.[Ag]. The normalized spacial score (nSPS) is 24.5. The van der Waals surface area contributed by atoms with Gasteiger partial charge in [0, 0.05) is 22.4 Å². The van der Waals surface area contributed by atoms with Crippen molar-refractivity contribution in [3.05, 3.63) is 23.8 Å². The summed E-state index contributed by atoms with van der Waals surface area (Å²) in [6.45, 7) is 0. The van der Waals surface area contributed by atoms with Gasteiger partial charge in [-0.3, -0.25) is 4.79 Å². The fourth-order valence-electron chi connectivity index (χ4n) is 1.59. The van der Waals surface area contributed by atoms with E-state index in [2.05, 4.69) is 15.4 Å². The Balaban J connectivity index is 0.00000144. The fraction of sp³-hybridized carbons (Fsp3) is 0.222. The van der Waals surface area contributed by atoms with Crippen LogP contribution in [-0.4, -0.2) is 33.4 Å². The molecule has 0 aromatic carbocycles. The Hall–Kier alpha value is -1.57. The van der Waals surface area contributed by atoms with Crippen molar-refractivity contribution in [2.45, 2.75) is 12.0 Å². The summed E-state index contributed by atoms with van der Waals surface area (Å²) in [6.07, 6.45) is 3.99. The van der Waals surface area contributed by atoms with Crippen molar-refractivity contribution in [3.63, 3.8) is 0 Å². The predicted molar refractivity (Wildman–Crippen MR) is 52.1 cm³/mol. The number of rotatable bonds is 3. The van der Waals surface area contributed by atoms with E-state index >= 15 is 0 Å². The molecular weight excluding hydrogens is 322 g/mol. The Labute approximate surface area is 111 Å². The number of hydrogen-bond acceptors (Lipinski definition) is 5. The topological polar surface area (TPSA) is 112 Å².